The van der Waals surface area contributed by atoms with E-state index in [-0.39, 0.29) is 29.8 Å². The maximum Gasteiger partial charge on any atom is 0.222 e. The van der Waals surface area contributed by atoms with Crippen LogP contribution in [0.15, 0.2) is 0 Å². The maximum atomic E-state index is 12.0. The van der Waals surface area contributed by atoms with Crippen LogP contribution in [0, 0.1) is 11.8 Å². The van der Waals surface area contributed by atoms with E-state index in [0.29, 0.717) is 6.54 Å². The van der Waals surface area contributed by atoms with Crippen molar-refractivity contribution in [2.75, 3.05) is 6.54 Å². The molecule has 0 aromatic rings. The van der Waals surface area contributed by atoms with E-state index in [4.69, 9.17) is 5.73 Å². The Bertz CT molecular complexity index is 261. The Hall–Kier alpha value is -0.280. The van der Waals surface area contributed by atoms with Crippen LogP contribution in [0.2, 0.25) is 0 Å². The van der Waals surface area contributed by atoms with Crippen LogP contribution >= 0.6 is 12.4 Å². The first-order valence-corrected chi connectivity index (χ1v) is 7.57. The average Bonchev–Trinajstić information content (AvgIpc) is 2.88. The van der Waals surface area contributed by atoms with Crippen molar-refractivity contribution < 1.29 is 4.79 Å². The molecule has 19 heavy (non-hydrogen) atoms. The Kier molecular flexibility index (Phi) is 8.67. The largest absolute Gasteiger partial charge is 0.354 e. The van der Waals surface area contributed by atoms with Crippen molar-refractivity contribution in [3.8, 4) is 0 Å². The molecule has 1 unspecified atom stereocenters. The molecule has 0 bridgehead atoms. The van der Waals surface area contributed by atoms with Gasteiger partial charge in [0.05, 0.1) is 0 Å². The van der Waals surface area contributed by atoms with Gasteiger partial charge in [0.25, 0.3) is 0 Å². The molecule has 0 radical (unpaired) electrons. The zero-order valence-electron chi connectivity index (χ0n) is 12.7. The lowest BCUT2D eigenvalue weighted by molar-refractivity contribution is -0.125. The number of amides is 1. The van der Waals surface area contributed by atoms with E-state index in [2.05, 4.69) is 19.2 Å². The molecule has 1 aliphatic rings. The van der Waals surface area contributed by atoms with Crippen LogP contribution in [0.3, 0.4) is 0 Å². The number of carbonyl (C=O) groups is 1. The summed E-state index contributed by atoms with van der Waals surface area (Å²) in [6.07, 6.45) is 8.15. The molecule has 1 aliphatic carbocycles. The molecule has 1 fully saturated rings. The monoisotopic (exact) mass is 290 g/mol. The van der Waals surface area contributed by atoms with Gasteiger partial charge in [-0.3, -0.25) is 4.79 Å². The molecular weight excluding hydrogens is 260 g/mol. The minimum atomic E-state index is -0.233. The predicted octanol–water partition coefficient (Wildman–Crippen LogP) is 3.26. The molecule has 1 amide bonds. The third-order valence-electron chi connectivity index (χ3n) is 4.63. The Morgan fingerprint density at radius 3 is 2.32 bits per heavy atom. The first kappa shape index (κ1) is 18.7. The molecule has 114 valence electrons. The van der Waals surface area contributed by atoms with Gasteiger partial charge in [0.15, 0.2) is 0 Å². The SMILES string of the molecule is CCC(N)(CC)CNC(=O)C(C)CC1CCCC1.Cl. The van der Waals surface area contributed by atoms with Gasteiger partial charge in [-0.1, -0.05) is 46.5 Å². The lowest BCUT2D eigenvalue weighted by atomic mass is 9.92. The summed E-state index contributed by atoms with van der Waals surface area (Å²) < 4.78 is 0. The van der Waals surface area contributed by atoms with Crippen molar-refractivity contribution in [2.45, 2.75) is 71.3 Å². The summed E-state index contributed by atoms with van der Waals surface area (Å²) in [5, 5.41) is 3.03. The van der Waals surface area contributed by atoms with Crippen LogP contribution in [0.1, 0.15) is 65.7 Å². The molecule has 3 nitrogen and oxygen atoms in total. The zero-order valence-corrected chi connectivity index (χ0v) is 13.5. The highest BCUT2D eigenvalue weighted by atomic mass is 35.5. The molecule has 4 heteroatoms. The normalized spacial score (nSPS) is 17.9. The second-order valence-electron chi connectivity index (χ2n) is 6.07. The van der Waals surface area contributed by atoms with Crippen LogP contribution in [0.4, 0.5) is 0 Å². The predicted molar refractivity (Wildman–Crippen MR) is 83.5 cm³/mol. The summed E-state index contributed by atoms with van der Waals surface area (Å²) >= 11 is 0. The number of nitrogens with one attached hydrogen (secondary N) is 1. The second-order valence-corrected chi connectivity index (χ2v) is 6.07. The molecular formula is C15H31ClN2O. The van der Waals surface area contributed by atoms with Crippen LogP contribution in [0.25, 0.3) is 0 Å². The van der Waals surface area contributed by atoms with E-state index in [1.165, 1.54) is 25.7 Å². The first-order valence-electron chi connectivity index (χ1n) is 7.57. The Labute approximate surface area is 124 Å². The number of halogens is 1. The number of rotatable bonds is 7. The van der Waals surface area contributed by atoms with Crippen LogP contribution in [-0.4, -0.2) is 18.0 Å². The summed E-state index contributed by atoms with van der Waals surface area (Å²) in [7, 11) is 0. The average molecular weight is 291 g/mol. The third kappa shape index (κ3) is 6.13. The Balaban J connectivity index is 0.00000324. The summed E-state index contributed by atoms with van der Waals surface area (Å²) in [6, 6.07) is 0. The molecule has 1 saturated carbocycles. The molecule has 0 aromatic heterocycles. The highest BCUT2D eigenvalue weighted by molar-refractivity contribution is 5.85. The number of nitrogens with two attached hydrogens (primary N) is 1. The minimum absolute atomic E-state index is 0. The van der Waals surface area contributed by atoms with Gasteiger partial charge in [0.1, 0.15) is 0 Å². The van der Waals surface area contributed by atoms with Crippen LogP contribution in [0.5, 0.6) is 0 Å². The van der Waals surface area contributed by atoms with Crippen molar-refractivity contribution in [2.24, 2.45) is 17.6 Å². The van der Waals surface area contributed by atoms with Gasteiger partial charge in [-0.05, 0) is 25.2 Å². The van der Waals surface area contributed by atoms with E-state index in [1.807, 2.05) is 6.92 Å². The number of hydrogen-bond donors (Lipinski definition) is 2. The molecule has 1 rings (SSSR count). The van der Waals surface area contributed by atoms with Crippen molar-refractivity contribution in [3.05, 3.63) is 0 Å². The quantitative estimate of drug-likeness (QED) is 0.756. The van der Waals surface area contributed by atoms with Gasteiger partial charge in [-0.15, -0.1) is 12.4 Å². The van der Waals surface area contributed by atoms with Crippen molar-refractivity contribution in [1.29, 1.82) is 0 Å². The highest BCUT2D eigenvalue weighted by Crippen LogP contribution is 2.30. The van der Waals surface area contributed by atoms with Gasteiger partial charge in [-0.2, -0.15) is 0 Å². The Morgan fingerprint density at radius 2 is 1.84 bits per heavy atom. The number of hydrogen-bond acceptors (Lipinski definition) is 2. The molecule has 0 aromatic carbocycles. The minimum Gasteiger partial charge on any atom is -0.354 e. The fourth-order valence-electron chi connectivity index (χ4n) is 2.79. The summed E-state index contributed by atoms with van der Waals surface area (Å²) in [5.74, 6) is 1.08. The van der Waals surface area contributed by atoms with Gasteiger partial charge >= 0.3 is 0 Å². The summed E-state index contributed by atoms with van der Waals surface area (Å²) in [6.45, 7) is 6.81. The van der Waals surface area contributed by atoms with E-state index >= 15 is 0 Å². The molecule has 0 spiro atoms. The van der Waals surface area contributed by atoms with E-state index < -0.39 is 0 Å². The zero-order chi connectivity index (χ0) is 13.6. The molecule has 3 N–H and O–H groups in total. The van der Waals surface area contributed by atoms with E-state index in [9.17, 15) is 4.79 Å². The molecule has 0 aliphatic heterocycles. The van der Waals surface area contributed by atoms with E-state index in [0.717, 1.165) is 25.2 Å². The van der Waals surface area contributed by atoms with Gasteiger partial charge in [0.2, 0.25) is 5.91 Å². The highest BCUT2D eigenvalue weighted by Gasteiger charge is 2.25. The smallest absolute Gasteiger partial charge is 0.222 e. The summed E-state index contributed by atoms with van der Waals surface area (Å²) in [5.41, 5.74) is 5.96. The van der Waals surface area contributed by atoms with Crippen LogP contribution < -0.4 is 11.1 Å². The first-order chi connectivity index (χ1) is 8.50. The van der Waals surface area contributed by atoms with Crippen LogP contribution in [-0.2, 0) is 4.79 Å². The van der Waals surface area contributed by atoms with Crippen molar-refractivity contribution in [3.63, 3.8) is 0 Å². The van der Waals surface area contributed by atoms with Gasteiger partial charge in [-0.25, -0.2) is 0 Å². The number of carbonyl (C=O) groups excluding carboxylic acids is 1. The third-order valence-corrected chi connectivity index (χ3v) is 4.63. The topological polar surface area (TPSA) is 55.1 Å². The molecule has 1 atom stereocenters. The molecule has 0 saturated heterocycles. The lowest BCUT2D eigenvalue weighted by Crippen LogP contribution is -2.50. The lowest BCUT2D eigenvalue weighted by Gasteiger charge is -2.27. The molecule has 0 heterocycles. The van der Waals surface area contributed by atoms with E-state index in [1.54, 1.807) is 0 Å². The van der Waals surface area contributed by atoms with Crippen molar-refractivity contribution in [1.82, 2.24) is 5.32 Å². The standard InChI is InChI=1S/C15H30N2O.ClH/c1-4-15(16,5-2)11-17-14(18)12(3)10-13-8-6-7-9-13;/h12-13H,4-11,16H2,1-3H3,(H,17,18);1H. The summed E-state index contributed by atoms with van der Waals surface area (Å²) in [4.78, 5) is 12.0. The maximum absolute atomic E-state index is 12.0. The Morgan fingerprint density at radius 1 is 1.32 bits per heavy atom. The van der Waals surface area contributed by atoms with Crippen molar-refractivity contribution >= 4 is 18.3 Å². The van der Waals surface area contributed by atoms with Gasteiger partial charge < -0.3 is 11.1 Å². The van der Waals surface area contributed by atoms with Gasteiger partial charge in [0, 0.05) is 18.0 Å². The fraction of sp³-hybridized carbons (Fsp3) is 0.933. The second kappa shape index (κ2) is 8.80. The fourth-order valence-corrected chi connectivity index (χ4v) is 2.79.